The fraction of sp³-hybridized carbons (Fsp3) is 0.0500. The highest BCUT2D eigenvalue weighted by atomic mass is 16.5. The Morgan fingerprint density at radius 2 is 0.818 bits per heavy atom. The molecule has 0 unspecified atom stereocenters. The van der Waals surface area contributed by atoms with Gasteiger partial charge in [0.25, 0.3) is 0 Å². The van der Waals surface area contributed by atoms with Gasteiger partial charge in [-0.1, -0.05) is 72.3 Å². The van der Waals surface area contributed by atoms with E-state index in [-0.39, 0.29) is 11.5 Å². The Balaban J connectivity index is 1.62. The molecule has 0 aliphatic heterocycles. The Morgan fingerprint density at radius 3 is 1.16 bits per heavy atom. The van der Waals surface area contributed by atoms with Crippen LogP contribution in [0.3, 0.4) is 0 Å². The average molecular weight is 575 g/mol. The molecule has 5 aromatic rings. The van der Waals surface area contributed by atoms with Gasteiger partial charge in [0.1, 0.15) is 23.0 Å². The molecule has 0 saturated heterocycles. The summed E-state index contributed by atoms with van der Waals surface area (Å²) in [7, 11) is 3.30. The van der Waals surface area contributed by atoms with Crippen molar-refractivity contribution in [2.45, 2.75) is 0 Å². The molecule has 0 heterocycles. The van der Waals surface area contributed by atoms with Crippen LogP contribution in [0.2, 0.25) is 0 Å². The topological polar surface area (TPSA) is 58.9 Å². The summed E-state index contributed by atoms with van der Waals surface area (Å²) in [6, 6.07) is 33.4. The van der Waals surface area contributed by atoms with Gasteiger partial charge in [0.05, 0.1) is 14.2 Å². The highest BCUT2D eigenvalue weighted by Crippen LogP contribution is 2.23. The lowest BCUT2D eigenvalue weighted by Gasteiger charge is -2.07. The molecule has 0 saturated carbocycles. The third-order valence-corrected chi connectivity index (χ3v) is 6.78. The molecule has 214 valence electrons. The summed E-state index contributed by atoms with van der Waals surface area (Å²) < 4.78 is 10.6. The number of rotatable bonds is 6. The molecule has 2 N–H and O–H groups in total. The van der Waals surface area contributed by atoms with Gasteiger partial charge in [-0.05, 0) is 107 Å². The minimum absolute atomic E-state index is 0.196. The van der Waals surface area contributed by atoms with Crippen molar-refractivity contribution in [3.05, 3.63) is 154 Å². The molecule has 44 heavy (non-hydrogen) atoms. The van der Waals surface area contributed by atoms with Crippen molar-refractivity contribution in [1.82, 2.24) is 0 Å². The number of benzene rings is 5. The van der Waals surface area contributed by atoms with Gasteiger partial charge in [0.15, 0.2) is 0 Å². The predicted molar refractivity (Wildman–Crippen MR) is 178 cm³/mol. The molecule has 0 aliphatic carbocycles. The van der Waals surface area contributed by atoms with Crippen molar-refractivity contribution in [1.29, 1.82) is 0 Å². The second-order valence-corrected chi connectivity index (χ2v) is 9.83. The van der Waals surface area contributed by atoms with Crippen LogP contribution in [-0.4, -0.2) is 24.4 Å². The number of methoxy groups -OCH3 is 2. The van der Waals surface area contributed by atoms with Gasteiger partial charge in [-0.3, -0.25) is 0 Å². The van der Waals surface area contributed by atoms with Crippen LogP contribution in [0.25, 0.3) is 24.3 Å². The molecule has 0 fully saturated rings. The first-order valence-electron chi connectivity index (χ1n) is 13.9. The predicted octanol–water partition coefficient (Wildman–Crippen LogP) is 8.26. The minimum atomic E-state index is 0.196. The molecule has 0 atom stereocenters. The summed E-state index contributed by atoms with van der Waals surface area (Å²) in [4.78, 5) is 0. The number of hydrogen-bond donors (Lipinski definition) is 2. The smallest absolute Gasteiger partial charge is 0.118 e. The molecule has 5 rings (SSSR count). The Kier molecular flexibility index (Phi) is 9.48. The summed E-state index contributed by atoms with van der Waals surface area (Å²) in [5.41, 5.74) is 7.08. The molecule has 5 aromatic carbocycles. The zero-order chi connectivity index (χ0) is 30.7. The third kappa shape index (κ3) is 8.01. The van der Waals surface area contributed by atoms with Crippen molar-refractivity contribution in [2.75, 3.05) is 14.2 Å². The highest BCUT2D eigenvalue weighted by Gasteiger charge is 2.06. The number of phenols is 2. The van der Waals surface area contributed by atoms with Crippen LogP contribution in [0.15, 0.2) is 109 Å². The molecule has 0 spiro atoms. The van der Waals surface area contributed by atoms with Crippen molar-refractivity contribution in [3.8, 4) is 46.7 Å². The lowest BCUT2D eigenvalue weighted by atomic mass is 9.96. The van der Waals surface area contributed by atoms with Crippen molar-refractivity contribution >= 4 is 24.3 Å². The summed E-state index contributed by atoms with van der Waals surface area (Å²) in [5.74, 6) is 15.1. The van der Waals surface area contributed by atoms with E-state index in [9.17, 15) is 10.2 Å². The van der Waals surface area contributed by atoms with Gasteiger partial charge < -0.3 is 19.7 Å². The summed E-state index contributed by atoms with van der Waals surface area (Å²) in [6.45, 7) is 0. The van der Waals surface area contributed by atoms with E-state index in [2.05, 4.69) is 23.7 Å². The Morgan fingerprint density at radius 1 is 0.455 bits per heavy atom. The molecule has 0 amide bonds. The van der Waals surface area contributed by atoms with Crippen LogP contribution in [0, 0.1) is 23.7 Å². The molecule has 0 aliphatic rings. The number of hydrogen-bond acceptors (Lipinski definition) is 4. The largest absolute Gasteiger partial charge is 0.508 e. The van der Waals surface area contributed by atoms with E-state index in [0.29, 0.717) is 0 Å². The number of phenolic OH excluding ortho intramolecular Hbond substituents is 2. The van der Waals surface area contributed by atoms with Gasteiger partial charge in [-0.15, -0.1) is 0 Å². The fourth-order valence-corrected chi connectivity index (χ4v) is 4.30. The van der Waals surface area contributed by atoms with E-state index in [0.717, 1.165) is 56.0 Å². The molecule has 0 aromatic heterocycles. The van der Waals surface area contributed by atoms with E-state index in [1.165, 1.54) is 0 Å². The number of ether oxygens (including phenoxy) is 2. The van der Waals surface area contributed by atoms with Crippen molar-refractivity contribution < 1.29 is 19.7 Å². The van der Waals surface area contributed by atoms with Crippen LogP contribution in [-0.2, 0) is 0 Å². The first-order valence-corrected chi connectivity index (χ1v) is 13.9. The third-order valence-electron chi connectivity index (χ3n) is 6.78. The SMILES string of the molecule is COc1ccc(/C=C/c2cc(C#Cc3ccc(O)cc3)c(/C=C/c3ccc(OC)cc3)cc2C#Cc2ccc(O)cc2)cc1. The Hall–Kier alpha value is -6.10. The lowest BCUT2D eigenvalue weighted by Crippen LogP contribution is -1.91. The standard InChI is InChI=1S/C40H30O4/c1-43-39-23-11-31(12-24-39)5-17-35-27-34(16-4-30-9-21-38(42)22-10-30)36(18-6-32-13-25-40(44-2)26-14-32)28-33(35)15-3-29-7-19-37(41)20-8-29/h5-14,17-28,41-42H,1-2H3/b17-5+,18-6+. The fourth-order valence-electron chi connectivity index (χ4n) is 4.30. The zero-order valence-corrected chi connectivity index (χ0v) is 24.4. The second kappa shape index (κ2) is 14.2. The van der Waals surface area contributed by atoms with Crippen LogP contribution in [0.5, 0.6) is 23.0 Å². The van der Waals surface area contributed by atoms with Gasteiger partial charge in [0, 0.05) is 22.3 Å². The first-order chi connectivity index (χ1) is 21.5. The summed E-state index contributed by atoms with van der Waals surface area (Å²) in [5, 5.41) is 19.4. The van der Waals surface area contributed by atoms with Crippen LogP contribution >= 0.6 is 0 Å². The van der Waals surface area contributed by atoms with Gasteiger partial charge in [-0.2, -0.15) is 0 Å². The molecule has 4 heteroatoms. The average Bonchev–Trinajstić information content (AvgIpc) is 3.06. The lowest BCUT2D eigenvalue weighted by molar-refractivity contribution is 0.414. The maximum absolute atomic E-state index is 9.69. The van der Waals surface area contributed by atoms with Gasteiger partial charge in [0.2, 0.25) is 0 Å². The summed E-state index contributed by atoms with van der Waals surface area (Å²) >= 11 is 0. The van der Waals surface area contributed by atoms with E-state index < -0.39 is 0 Å². The molecule has 4 nitrogen and oxygen atoms in total. The molecular weight excluding hydrogens is 544 g/mol. The maximum Gasteiger partial charge on any atom is 0.118 e. The minimum Gasteiger partial charge on any atom is -0.508 e. The van der Waals surface area contributed by atoms with Crippen LogP contribution in [0.1, 0.15) is 44.5 Å². The highest BCUT2D eigenvalue weighted by molar-refractivity contribution is 5.79. The second-order valence-electron chi connectivity index (χ2n) is 9.83. The van der Waals surface area contributed by atoms with E-state index in [4.69, 9.17) is 9.47 Å². The molecule has 0 bridgehead atoms. The van der Waals surface area contributed by atoms with Gasteiger partial charge in [-0.25, -0.2) is 0 Å². The Labute approximate surface area is 258 Å². The normalized spacial score (nSPS) is 10.6. The van der Waals surface area contributed by atoms with Gasteiger partial charge >= 0.3 is 0 Å². The van der Waals surface area contributed by atoms with E-state index in [1.54, 1.807) is 62.8 Å². The monoisotopic (exact) mass is 574 g/mol. The van der Waals surface area contributed by atoms with Crippen molar-refractivity contribution in [2.24, 2.45) is 0 Å². The van der Waals surface area contributed by atoms with Crippen LogP contribution in [0.4, 0.5) is 0 Å². The maximum atomic E-state index is 9.69. The zero-order valence-electron chi connectivity index (χ0n) is 24.4. The quantitative estimate of drug-likeness (QED) is 0.158. The molecular formula is C40H30O4. The molecule has 0 radical (unpaired) electrons. The number of aromatic hydroxyl groups is 2. The Bertz CT molecular complexity index is 1760. The first kappa shape index (κ1) is 29.4. The van der Waals surface area contributed by atoms with E-state index >= 15 is 0 Å². The van der Waals surface area contributed by atoms with Crippen LogP contribution < -0.4 is 9.47 Å². The van der Waals surface area contributed by atoms with E-state index in [1.807, 2.05) is 85.0 Å². The summed E-state index contributed by atoms with van der Waals surface area (Å²) in [6.07, 6.45) is 8.13. The van der Waals surface area contributed by atoms with Crippen molar-refractivity contribution in [3.63, 3.8) is 0 Å².